The second-order valence-corrected chi connectivity index (χ2v) is 5.21. The molecule has 0 saturated carbocycles. The lowest BCUT2D eigenvalue weighted by atomic mass is 10.1. The third-order valence-corrected chi connectivity index (χ3v) is 3.32. The number of aromatic nitrogens is 1. The van der Waals surface area contributed by atoms with Crippen molar-refractivity contribution in [3.8, 4) is 6.07 Å². The van der Waals surface area contributed by atoms with Gasteiger partial charge in [0.05, 0.1) is 11.3 Å². The first kappa shape index (κ1) is 17.2. The van der Waals surface area contributed by atoms with Crippen LogP contribution in [0.15, 0.2) is 29.4 Å². The fourth-order valence-electron chi connectivity index (χ4n) is 2.14. The molecule has 8 heteroatoms. The number of carbonyl (C=O) groups is 1. The predicted octanol–water partition coefficient (Wildman–Crippen LogP) is 0.0950. The van der Waals surface area contributed by atoms with Crippen LogP contribution >= 0.6 is 0 Å². The Morgan fingerprint density at radius 2 is 2.21 bits per heavy atom. The van der Waals surface area contributed by atoms with Gasteiger partial charge in [-0.05, 0) is 18.2 Å². The molecule has 0 amide bonds. The maximum absolute atomic E-state index is 13.4. The molecule has 2 heterocycles. The zero-order valence-corrected chi connectivity index (χ0v) is 13.3. The van der Waals surface area contributed by atoms with Crippen LogP contribution in [0.5, 0.6) is 0 Å². The molecule has 7 nitrogen and oxygen atoms in total. The van der Waals surface area contributed by atoms with E-state index in [1.807, 2.05) is 18.5 Å². The number of halogens is 1. The van der Waals surface area contributed by atoms with Crippen LogP contribution in [0.3, 0.4) is 0 Å². The Balaban J connectivity index is 0.000000182. The van der Waals surface area contributed by atoms with Crippen LogP contribution in [0, 0.1) is 17.1 Å². The van der Waals surface area contributed by atoms with Gasteiger partial charge in [0.2, 0.25) is 0 Å². The summed E-state index contributed by atoms with van der Waals surface area (Å²) in [7, 11) is 3.41. The van der Waals surface area contributed by atoms with Gasteiger partial charge in [-0.1, -0.05) is 0 Å². The highest BCUT2D eigenvalue weighted by Crippen LogP contribution is 2.22. The summed E-state index contributed by atoms with van der Waals surface area (Å²) < 4.78 is 13.4. The molecule has 1 aliphatic heterocycles. The summed E-state index contributed by atoms with van der Waals surface area (Å²) in [6.07, 6.45) is 4.11. The largest absolute Gasteiger partial charge is 0.377 e. The van der Waals surface area contributed by atoms with E-state index in [0.717, 1.165) is 10.7 Å². The Bertz CT molecular complexity index is 896. The minimum Gasteiger partial charge on any atom is -0.377 e. The van der Waals surface area contributed by atoms with Crippen molar-refractivity contribution in [1.29, 1.82) is 5.26 Å². The normalized spacial score (nSPS) is 11.9. The van der Waals surface area contributed by atoms with Crippen LogP contribution in [-0.2, 0) is 0 Å². The number of nitrogens with zero attached hydrogens (tertiary/aromatic N) is 4. The minimum absolute atomic E-state index is 0.0906. The Labute approximate surface area is 138 Å². The average molecular weight is 328 g/mol. The van der Waals surface area contributed by atoms with E-state index >= 15 is 0 Å². The van der Waals surface area contributed by atoms with Crippen molar-refractivity contribution < 1.29 is 9.18 Å². The van der Waals surface area contributed by atoms with Gasteiger partial charge in [-0.2, -0.15) is 5.26 Å². The lowest BCUT2D eigenvalue weighted by Crippen LogP contribution is -2.38. The first-order valence-corrected chi connectivity index (χ1v) is 7.04. The van der Waals surface area contributed by atoms with Crippen molar-refractivity contribution in [1.82, 2.24) is 9.99 Å². The number of benzene rings is 1. The number of carbonyl (C=O) groups excluding carboxylic acids is 1. The summed E-state index contributed by atoms with van der Waals surface area (Å²) in [5.74, 6) is 4.72. The quantitative estimate of drug-likeness (QED) is 0.601. The topological polar surface area (TPSA) is 102 Å². The van der Waals surface area contributed by atoms with Crippen LogP contribution in [0.2, 0.25) is 0 Å². The molecule has 124 valence electrons. The number of nitrogens with two attached hydrogens (primary N) is 1. The predicted molar refractivity (Wildman–Crippen MR) is 87.8 cm³/mol. The molecule has 0 aliphatic carbocycles. The first-order valence-electron chi connectivity index (χ1n) is 7.04. The summed E-state index contributed by atoms with van der Waals surface area (Å²) in [5.41, 5.74) is 1.20. The fraction of sp³-hybridized carbons (Fsp3) is 0.188. The average Bonchev–Trinajstić information content (AvgIpc) is 3.02. The lowest BCUT2D eigenvalue weighted by Gasteiger charge is -2.14. The summed E-state index contributed by atoms with van der Waals surface area (Å²) in [6.45, 7) is 0.535. The molecule has 0 radical (unpaired) electrons. The molecule has 3 rings (SSSR count). The maximum atomic E-state index is 13.4. The number of fused-ring (bicyclic) bond motifs is 1. The minimum atomic E-state index is -0.756. The monoisotopic (exact) mass is 328 g/mol. The number of hydrogen-bond acceptors (Lipinski definition) is 6. The highest BCUT2D eigenvalue weighted by molar-refractivity contribution is 5.78. The third-order valence-electron chi connectivity index (χ3n) is 3.32. The van der Waals surface area contributed by atoms with Gasteiger partial charge in [0.1, 0.15) is 23.8 Å². The van der Waals surface area contributed by atoms with E-state index in [1.54, 1.807) is 36.1 Å². The van der Waals surface area contributed by atoms with E-state index < -0.39 is 5.82 Å². The molecular formula is C16H17FN6O. The molecule has 0 atom stereocenters. The van der Waals surface area contributed by atoms with Crippen LogP contribution in [0.1, 0.15) is 15.9 Å². The van der Waals surface area contributed by atoms with Crippen molar-refractivity contribution in [2.24, 2.45) is 10.8 Å². The van der Waals surface area contributed by atoms with Crippen LogP contribution < -0.4 is 21.4 Å². The zero-order chi connectivity index (χ0) is 17.7. The fourth-order valence-corrected chi connectivity index (χ4v) is 2.14. The smallest absolute Gasteiger partial charge is 0.153 e. The van der Waals surface area contributed by atoms with Gasteiger partial charge < -0.3 is 9.88 Å². The molecule has 1 aliphatic rings. The van der Waals surface area contributed by atoms with Crippen LogP contribution in [0.25, 0.3) is 6.20 Å². The molecular weight excluding hydrogens is 311 g/mol. The highest BCUT2D eigenvalue weighted by atomic mass is 19.1. The first-order chi connectivity index (χ1) is 11.5. The molecule has 24 heavy (non-hydrogen) atoms. The van der Waals surface area contributed by atoms with Gasteiger partial charge in [0.25, 0.3) is 0 Å². The molecule has 0 saturated heterocycles. The van der Waals surface area contributed by atoms with E-state index in [2.05, 4.69) is 9.98 Å². The number of aromatic amines is 1. The van der Waals surface area contributed by atoms with Crippen molar-refractivity contribution in [2.75, 3.05) is 25.7 Å². The van der Waals surface area contributed by atoms with Gasteiger partial charge in [0, 0.05) is 31.7 Å². The third kappa shape index (κ3) is 3.59. The molecule has 0 unspecified atom stereocenters. The number of H-pyrrole nitrogens is 1. The van der Waals surface area contributed by atoms with Gasteiger partial charge in [-0.3, -0.25) is 9.80 Å². The Kier molecular flexibility index (Phi) is 5.29. The Morgan fingerprint density at radius 1 is 1.46 bits per heavy atom. The number of nitriles is 1. The van der Waals surface area contributed by atoms with Crippen LogP contribution in [-0.4, -0.2) is 37.0 Å². The molecule has 3 N–H and O–H groups in total. The molecule has 1 aromatic carbocycles. The van der Waals surface area contributed by atoms with Gasteiger partial charge in [0.15, 0.2) is 12.1 Å². The maximum Gasteiger partial charge on any atom is 0.153 e. The number of nitrogens with one attached hydrogen (secondary N) is 1. The molecule has 0 bridgehead atoms. The van der Waals surface area contributed by atoms with E-state index in [4.69, 9.17) is 11.1 Å². The van der Waals surface area contributed by atoms with Gasteiger partial charge in [-0.25, -0.2) is 15.2 Å². The number of rotatable bonds is 2. The molecule has 2 aromatic rings. The van der Waals surface area contributed by atoms with Gasteiger partial charge in [-0.15, -0.1) is 0 Å². The van der Waals surface area contributed by atoms with Gasteiger partial charge >= 0.3 is 0 Å². The van der Waals surface area contributed by atoms with E-state index in [-0.39, 0.29) is 11.1 Å². The number of anilines is 1. The summed E-state index contributed by atoms with van der Waals surface area (Å²) in [5, 5.41) is 11.3. The molecule has 1 aromatic heterocycles. The highest BCUT2D eigenvalue weighted by Gasteiger charge is 2.13. The molecule has 0 fully saturated rings. The van der Waals surface area contributed by atoms with E-state index in [1.165, 1.54) is 6.07 Å². The molecule has 0 spiro atoms. The summed E-state index contributed by atoms with van der Waals surface area (Å²) in [6, 6.07) is 6.59. The standard InChI is InChI=1S/C10H9FN2O.C6H8N4/c1-13(2)9-4-3-7(6-14)10(11)8(9)5-12;7-10-3-5-1-2-8-6(5)9-4-10/h3-4,6H,1-2H3;1-3H,4,7H2,(H,8,9). The Hall–Kier alpha value is -3.18. The van der Waals surface area contributed by atoms with Crippen molar-refractivity contribution in [2.45, 2.75) is 0 Å². The SMILES string of the molecule is CN(C)c1ccc(C=O)c(F)c1C#N.NN1C=c2cc[nH]c2=NC1. The second-order valence-electron chi connectivity index (χ2n) is 5.21. The summed E-state index contributed by atoms with van der Waals surface area (Å²) in [4.78, 5) is 19.2. The number of aldehydes is 1. The van der Waals surface area contributed by atoms with Crippen molar-refractivity contribution in [3.63, 3.8) is 0 Å². The van der Waals surface area contributed by atoms with Crippen molar-refractivity contribution >= 4 is 18.2 Å². The zero-order valence-electron chi connectivity index (χ0n) is 13.3. The van der Waals surface area contributed by atoms with E-state index in [0.29, 0.717) is 18.6 Å². The Morgan fingerprint density at radius 3 is 2.83 bits per heavy atom. The second kappa shape index (κ2) is 7.39. The van der Waals surface area contributed by atoms with Crippen LogP contribution in [0.4, 0.5) is 10.1 Å². The van der Waals surface area contributed by atoms with Crippen molar-refractivity contribution in [3.05, 3.63) is 52.0 Å². The number of hydrazine groups is 1. The van der Waals surface area contributed by atoms with E-state index in [9.17, 15) is 9.18 Å². The lowest BCUT2D eigenvalue weighted by molar-refractivity contribution is 0.112. The summed E-state index contributed by atoms with van der Waals surface area (Å²) >= 11 is 0. The number of hydrogen-bond donors (Lipinski definition) is 2.